The van der Waals surface area contributed by atoms with E-state index < -0.39 is 0 Å². The van der Waals surface area contributed by atoms with Crippen molar-refractivity contribution in [3.63, 3.8) is 0 Å². The van der Waals surface area contributed by atoms with Crippen molar-refractivity contribution in [1.29, 1.82) is 0 Å². The number of para-hydroxylation sites is 4. The van der Waals surface area contributed by atoms with E-state index in [0.29, 0.717) is 0 Å². The molecule has 0 aliphatic heterocycles. The molecule has 0 aliphatic carbocycles. The largest absolute Gasteiger partial charge is 0.455 e. The zero-order valence-electron chi connectivity index (χ0n) is 33.2. The molecule has 0 unspecified atom stereocenters. The number of hydrogen-bond acceptors (Lipinski definition) is 2. The molecule has 3 heteroatoms. The minimum absolute atomic E-state index is 0.903. The van der Waals surface area contributed by atoms with Crippen LogP contribution < -0.4 is 4.90 Å². The number of hydrogen-bond donors (Lipinski definition) is 0. The van der Waals surface area contributed by atoms with Crippen LogP contribution in [0, 0.1) is 0 Å². The zero-order valence-corrected chi connectivity index (χ0v) is 33.2. The molecule has 0 amide bonds. The number of aromatic nitrogens is 1. The molecule has 0 spiro atoms. The topological polar surface area (TPSA) is 21.3 Å². The molecule has 0 bridgehead atoms. The summed E-state index contributed by atoms with van der Waals surface area (Å²) < 4.78 is 8.78. The number of nitrogens with zero attached hydrogens (tertiary/aromatic N) is 2. The van der Waals surface area contributed by atoms with Gasteiger partial charge in [-0.3, -0.25) is 0 Å². The third-order valence-electron chi connectivity index (χ3n) is 11.8. The second-order valence-electron chi connectivity index (χ2n) is 15.5. The molecule has 0 atom stereocenters. The fraction of sp³-hybridized carbons (Fsp3) is 0.0175. The van der Waals surface area contributed by atoms with Crippen molar-refractivity contribution in [2.24, 2.45) is 0 Å². The van der Waals surface area contributed by atoms with E-state index in [0.717, 1.165) is 67.0 Å². The van der Waals surface area contributed by atoms with Crippen molar-refractivity contribution in [2.75, 3.05) is 4.90 Å². The Labute approximate surface area is 349 Å². The quantitative estimate of drug-likeness (QED) is 0.154. The van der Waals surface area contributed by atoms with E-state index in [9.17, 15) is 0 Å². The molecule has 9 aromatic carbocycles. The van der Waals surface area contributed by atoms with Crippen LogP contribution in [0.15, 0.2) is 223 Å². The minimum atomic E-state index is 0.903. The Hall–Kier alpha value is -7.88. The van der Waals surface area contributed by atoms with E-state index in [2.05, 4.69) is 216 Å². The monoisotopic (exact) mass is 768 g/mol. The van der Waals surface area contributed by atoms with Gasteiger partial charge in [0, 0.05) is 49.9 Å². The van der Waals surface area contributed by atoms with Crippen LogP contribution in [0.2, 0.25) is 0 Å². The molecule has 2 heterocycles. The zero-order chi connectivity index (χ0) is 40.2. The van der Waals surface area contributed by atoms with Gasteiger partial charge in [0.15, 0.2) is 0 Å². The number of fused-ring (bicyclic) bond motifs is 6. The Morgan fingerprint density at radius 2 is 0.950 bits per heavy atom. The summed E-state index contributed by atoms with van der Waals surface area (Å²) in [5.74, 6) is 0. The molecule has 0 aliphatic rings. The molecule has 11 aromatic rings. The third-order valence-corrected chi connectivity index (χ3v) is 11.8. The van der Waals surface area contributed by atoms with E-state index in [1.165, 1.54) is 44.1 Å². The van der Waals surface area contributed by atoms with Crippen LogP contribution in [0.5, 0.6) is 0 Å². The van der Waals surface area contributed by atoms with E-state index in [1.54, 1.807) is 0 Å². The maximum Gasteiger partial charge on any atom is 0.143 e. The maximum absolute atomic E-state index is 6.42. The van der Waals surface area contributed by atoms with Gasteiger partial charge in [-0.1, -0.05) is 152 Å². The summed E-state index contributed by atoms with van der Waals surface area (Å²) in [6.45, 7) is 6.15. The summed E-state index contributed by atoms with van der Waals surface area (Å²) in [6, 6.07) is 76.1. The van der Waals surface area contributed by atoms with Gasteiger partial charge < -0.3 is 13.9 Å². The molecule has 284 valence electrons. The number of benzene rings is 9. The SMILES string of the molecule is C=C(C)c1ccc(-c2ccc(N(c3ccc(-c4ccc5c(c4)c4ccccc4n5-c4ccccc4)cc3)c3ccc(-c4cccc5c4oc4ccccc45)cc3)cc2)cc1. The summed E-state index contributed by atoms with van der Waals surface area (Å²) in [6.07, 6.45) is 0. The van der Waals surface area contributed by atoms with E-state index in [4.69, 9.17) is 4.42 Å². The van der Waals surface area contributed by atoms with Crippen molar-refractivity contribution in [2.45, 2.75) is 6.92 Å². The Morgan fingerprint density at radius 1 is 0.433 bits per heavy atom. The normalized spacial score (nSPS) is 11.5. The third kappa shape index (κ3) is 6.07. The summed E-state index contributed by atoms with van der Waals surface area (Å²) in [5, 5.41) is 4.75. The number of allylic oxidation sites excluding steroid dienone is 1. The average Bonchev–Trinajstić information content (AvgIpc) is 3.86. The van der Waals surface area contributed by atoms with Gasteiger partial charge in [-0.15, -0.1) is 0 Å². The summed E-state index contributed by atoms with van der Waals surface area (Å²) in [4.78, 5) is 2.33. The van der Waals surface area contributed by atoms with Crippen molar-refractivity contribution < 1.29 is 4.42 Å². The van der Waals surface area contributed by atoms with Crippen LogP contribution >= 0.6 is 0 Å². The summed E-state index contributed by atoms with van der Waals surface area (Å²) >= 11 is 0. The van der Waals surface area contributed by atoms with Gasteiger partial charge >= 0.3 is 0 Å². The molecular weight excluding hydrogens is 729 g/mol. The first-order chi connectivity index (χ1) is 29.6. The molecule has 0 saturated heterocycles. The van der Waals surface area contributed by atoms with Gasteiger partial charge in [-0.25, -0.2) is 0 Å². The molecule has 0 fully saturated rings. The fourth-order valence-corrected chi connectivity index (χ4v) is 8.77. The molecule has 0 radical (unpaired) electrons. The van der Waals surface area contributed by atoms with Crippen LogP contribution in [0.1, 0.15) is 12.5 Å². The van der Waals surface area contributed by atoms with E-state index in [-0.39, 0.29) is 0 Å². The lowest BCUT2D eigenvalue weighted by atomic mass is 10.00. The van der Waals surface area contributed by atoms with E-state index in [1.807, 2.05) is 19.1 Å². The number of furan rings is 1. The van der Waals surface area contributed by atoms with Crippen molar-refractivity contribution >= 4 is 66.4 Å². The first-order valence-electron chi connectivity index (χ1n) is 20.4. The lowest BCUT2D eigenvalue weighted by Crippen LogP contribution is -2.09. The molecule has 60 heavy (non-hydrogen) atoms. The first kappa shape index (κ1) is 35.3. The van der Waals surface area contributed by atoms with Crippen LogP contribution in [0.3, 0.4) is 0 Å². The lowest BCUT2D eigenvalue weighted by molar-refractivity contribution is 0.670. The minimum Gasteiger partial charge on any atom is -0.455 e. The molecule has 0 saturated carbocycles. The summed E-state index contributed by atoms with van der Waals surface area (Å²) in [5.41, 5.74) is 17.7. The highest BCUT2D eigenvalue weighted by Gasteiger charge is 2.17. The molecule has 11 rings (SSSR count). The first-order valence-corrected chi connectivity index (χ1v) is 20.4. The van der Waals surface area contributed by atoms with Crippen molar-refractivity contribution in [1.82, 2.24) is 4.57 Å². The molecule has 3 nitrogen and oxygen atoms in total. The Bertz CT molecular complexity index is 3350. The van der Waals surface area contributed by atoms with Crippen LogP contribution in [-0.2, 0) is 0 Å². The highest BCUT2D eigenvalue weighted by atomic mass is 16.3. The smallest absolute Gasteiger partial charge is 0.143 e. The Morgan fingerprint density at radius 3 is 1.62 bits per heavy atom. The van der Waals surface area contributed by atoms with Gasteiger partial charge in [-0.05, 0) is 113 Å². The Balaban J connectivity index is 0.977. The van der Waals surface area contributed by atoms with Gasteiger partial charge in [0.05, 0.1) is 11.0 Å². The fourth-order valence-electron chi connectivity index (χ4n) is 8.77. The maximum atomic E-state index is 6.42. The average molecular weight is 769 g/mol. The van der Waals surface area contributed by atoms with Crippen LogP contribution in [0.4, 0.5) is 17.1 Å². The van der Waals surface area contributed by atoms with Gasteiger partial charge in [0.25, 0.3) is 0 Å². The van der Waals surface area contributed by atoms with Crippen molar-refractivity contribution in [3.05, 3.63) is 224 Å². The second kappa shape index (κ2) is 14.5. The molecule has 2 aromatic heterocycles. The predicted molar refractivity (Wildman–Crippen MR) is 254 cm³/mol. The Kier molecular flexibility index (Phi) is 8.53. The highest BCUT2D eigenvalue weighted by molar-refractivity contribution is 6.11. The van der Waals surface area contributed by atoms with Gasteiger partial charge in [0.2, 0.25) is 0 Å². The van der Waals surface area contributed by atoms with Crippen molar-refractivity contribution in [3.8, 4) is 39.1 Å². The van der Waals surface area contributed by atoms with E-state index >= 15 is 0 Å². The number of anilines is 3. The second-order valence-corrected chi connectivity index (χ2v) is 15.5. The lowest BCUT2D eigenvalue weighted by Gasteiger charge is -2.26. The highest BCUT2D eigenvalue weighted by Crippen LogP contribution is 2.41. The van der Waals surface area contributed by atoms with Crippen LogP contribution in [0.25, 0.3) is 88.4 Å². The summed E-state index contributed by atoms with van der Waals surface area (Å²) in [7, 11) is 0. The standard InChI is InChI=1S/C57H40N2O/c1-38(2)39-19-21-40(22-20-39)41-23-30-46(31-24-41)58(48-34-27-43(28-35-48)49-15-10-16-52-51-14-7-9-18-56(51)60-57(49)52)47-32-25-42(26-33-47)44-29-36-55-53(37-44)50-13-6-8-17-54(50)59(55)45-11-4-3-5-12-45/h3-37H,1H2,2H3. The van der Waals surface area contributed by atoms with Gasteiger partial charge in [0.1, 0.15) is 11.2 Å². The molecular formula is C57H40N2O. The number of rotatable bonds is 8. The van der Waals surface area contributed by atoms with Crippen LogP contribution in [-0.4, -0.2) is 4.57 Å². The predicted octanol–water partition coefficient (Wildman–Crippen LogP) is 16.2. The van der Waals surface area contributed by atoms with Gasteiger partial charge in [-0.2, -0.15) is 0 Å². The molecule has 0 N–H and O–H groups in total.